The molecule has 0 aromatic heterocycles. The number of benzene rings is 3. The van der Waals surface area contributed by atoms with Crippen LogP contribution in [0.1, 0.15) is 0 Å². The Labute approximate surface area is 175 Å². The summed E-state index contributed by atoms with van der Waals surface area (Å²) in [5.41, 5.74) is 1.09. The molecule has 3 aromatic carbocycles. The second kappa shape index (κ2) is 9.32. The first-order valence-electron chi connectivity index (χ1n) is 9.11. The molecule has 0 atom stereocenters. The van der Waals surface area contributed by atoms with Crippen molar-refractivity contribution in [3.8, 4) is 17.2 Å². The number of ether oxygens (including phenoxy) is 2. The topological polar surface area (TPSA) is 84.9 Å². The molecule has 1 N–H and O–H groups in total. The van der Waals surface area contributed by atoms with E-state index in [1.807, 2.05) is 30.3 Å². The molecule has 8 heteroatoms. The SMILES string of the molecule is CN(c1ccc(OCC(=O)Nc2cccc(Oc3ccccc3)c2)cc1)S(C)(=O)=O. The minimum atomic E-state index is -3.33. The Morgan fingerprint density at radius 2 is 1.57 bits per heavy atom. The van der Waals surface area contributed by atoms with Crippen molar-refractivity contribution in [2.24, 2.45) is 0 Å². The number of nitrogens with zero attached hydrogens (tertiary/aromatic N) is 1. The third-order valence-corrected chi connectivity index (χ3v) is 5.37. The third-order valence-electron chi connectivity index (χ3n) is 4.16. The zero-order valence-corrected chi connectivity index (χ0v) is 17.4. The summed E-state index contributed by atoms with van der Waals surface area (Å²) >= 11 is 0. The lowest BCUT2D eigenvalue weighted by Crippen LogP contribution is -2.24. The fraction of sp³-hybridized carbons (Fsp3) is 0.136. The molecule has 0 saturated heterocycles. The van der Waals surface area contributed by atoms with E-state index in [1.165, 1.54) is 7.05 Å². The summed E-state index contributed by atoms with van der Waals surface area (Å²) in [5, 5.41) is 2.76. The lowest BCUT2D eigenvalue weighted by atomic mass is 10.3. The Kier molecular flexibility index (Phi) is 6.58. The minimum absolute atomic E-state index is 0.189. The number of carbonyl (C=O) groups is 1. The Bertz CT molecular complexity index is 1100. The molecule has 0 fully saturated rings. The molecule has 0 aliphatic carbocycles. The van der Waals surface area contributed by atoms with Crippen LogP contribution in [0.3, 0.4) is 0 Å². The van der Waals surface area contributed by atoms with Gasteiger partial charge in [0.15, 0.2) is 6.61 Å². The molecule has 0 spiro atoms. The van der Waals surface area contributed by atoms with E-state index in [4.69, 9.17) is 9.47 Å². The maximum atomic E-state index is 12.2. The van der Waals surface area contributed by atoms with Crippen molar-refractivity contribution in [2.45, 2.75) is 0 Å². The van der Waals surface area contributed by atoms with Gasteiger partial charge in [0.05, 0.1) is 11.9 Å². The van der Waals surface area contributed by atoms with Gasteiger partial charge in [-0.05, 0) is 48.5 Å². The van der Waals surface area contributed by atoms with Crippen molar-refractivity contribution in [2.75, 3.05) is 29.5 Å². The number of rotatable bonds is 8. The fourth-order valence-electron chi connectivity index (χ4n) is 2.55. The van der Waals surface area contributed by atoms with Gasteiger partial charge in [0.1, 0.15) is 17.2 Å². The van der Waals surface area contributed by atoms with Crippen molar-refractivity contribution in [1.82, 2.24) is 0 Å². The number of hydrogen-bond donors (Lipinski definition) is 1. The van der Waals surface area contributed by atoms with Gasteiger partial charge < -0.3 is 14.8 Å². The molecule has 0 saturated carbocycles. The predicted molar refractivity (Wildman–Crippen MR) is 117 cm³/mol. The van der Waals surface area contributed by atoms with E-state index in [1.54, 1.807) is 48.5 Å². The van der Waals surface area contributed by atoms with E-state index in [-0.39, 0.29) is 12.5 Å². The molecule has 30 heavy (non-hydrogen) atoms. The summed E-state index contributed by atoms with van der Waals surface area (Å²) in [7, 11) is -1.87. The zero-order chi connectivity index (χ0) is 21.6. The van der Waals surface area contributed by atoms with Gasteiger partial charge in [0, 0.05) is 18.8 Å². The highest BCUT2D eigenvalue weighted by Crippen LogP contribution is 2.24. The van der Waals surface area contributed by atoms with Crippen molar-refractivity contribution in [3.05, 3.63) is 78.9 Å². The monoisotopic (exact) mass is 426 g/mol. The average Bonchev–Trinajstić information content (AvgIpc) is 2.72. The molecule has 3 aromatic rings. The van der Waals surface area contributed by atoms with E-state index < -0.39 is 10.0 Å². The lowest BCUT2D eigenvalue weighted by molar-refractivity contribution is -0.118. The third kappa shape index (κ3) is 5.99. The number of nitrogens with one attached hydrogen (secondary N) is 1. The van der Waals surface area contributed by atoms with E-state index in [2.05, 4.69) is 5.32 Å². The highest BCUT2D eigenvalue weighted by molar-refractivity contribution is 7.92. The molecule has 0 aliphatic rings. The van der Waals surface area contributed by atoms with Crippen molar-refractivity contribution >= 4 is 27.3 Å². The molecule has 7 nitrogen and oxygen atoms in total. The molecule has 3 rings (SSSR count). The van der Waals surface area contributed by atoms with Crippen molar-refractivity contribution < 1.29 is 22.7 Å². The Morgan fingerprint density at radius 1 is 0.900 bits per heavy atom. The predicted octanol–water partition coefficient (Wildman–Crippen LogP) is 3.89. The van der Waals surface area contributed by atoms with E-state index in [0.29, 0.717) is 28.6 Å². The lowest BCUT2D eigenvalue weighted by Gasteiger charge is -2.16. The minimum Gasteiger partial charge on any atom is -0.484 e. The van der Waals surface area contributed by atoms with Gasteiger partial charge in [0.2, 0.25) is 10.0 Å². The second-order valence-electron chi connectivity index (χ2n) is 6.50. The molecule has 0 unspecified atom stereocenters. The smallest absolute Gasteiger partial charge is 0.262 e. The largest absolute Gasteiger partial charge is 0.484 e. The van der Waals surface area contributed by atoms with Gasteiger partial charge in [-0.3, -0.25) is 9.10 Å². The van der Waals surface area contributed by atoms with Crippen LogP contribution in [0.15, 0.2) is 78.9 Å². The van der Waals surface area contributed by atoms with Gasteiger partial charge in [-0.2, -0.15) is 0 Å². The van der Waals surface area contributed by atoms with Crippen LogP contribution in [0.4, 0.5) is 11.4 Å². The van der Waals surface area contributed by atoms with Crippen LogP contribution in [-0.2, 0) is 14.8 Å². The van der Waals surface area contributed by atoms with Crippen LogP contribution in [0, 0.1) is 0 Å². The van der Waals surface area contributed by atoms with Crippen LogP contribution >= 0.6 is 0 Å². The van der Waals surface area contributed by atoms with Gasteiger partial charge in [-0.15, -0.1) is 0 Å². The summed E-state index contributed by atoms with van der Waals surface area (Å²) < 4.78 is 35.5. The van der Waals surface area contributed by atoms with Gasteiger partial charge >= 0.3 is 0 Å². The van der Waals surface area contributed by atoms with Gasteiger partial charge in [-0.25, -0.2) is 8.42 Å². The van der Waals surface area contributed by atoms with Crippen LogP contribution in [-0.4, -0.2) is 34.2 Å². The number of sulfonamides is 1. The second-order valence-corrected chi connectivity index (χ2v) is 8.52. The van der Waals surface area contributed by atoms with E-state index in [9.17, 15) is 13.2 Å². The standard InChI is InChI=1S/C22H22N2O5S/c1-24(30(2,26)27)18-11-13-19(14-12-18)28-16-22(25)23-17-7-6-10-21(15-17)29-20-8-4-3-5-9-20/h3-15H,16H2,1-2H3,(H,23,25). The van der Waals surface area contributed by atoms with Crippen molar-refractivity contribution in [1.29, 1.82) is 0 Å². The average molecular weight is 426 g/mol. The van der Waals surface area contributed by atoms with E-state index >= 15 is 0 Å². The molecule has 0 heterocycles. The van der Waals surface area contributed by atoms with Crippen LogP contribution in [0.2, 0.25) is 0 Å². The molecular formula is C22H22N2O5S. The van der Waals surface area contributed by atoms with Crippen LogP contribution < -0.4 is 19.1 Å². The van der Waals surface area contributed by atoms with Gasteiger partial charge in [-0.1, -0.05) is 24.3 Å². The molecule has 0 aliphatic heterocycles. The van der Waals surface area contributed by atoms with E-state index in [0.717, 1.165) is 10.6 Å². The normalized spacial score (nSPS) is 10.9. The number of para-hydroxylation sites is 1. The van der Waals surface area contributed by atoms with Crippen LogP contribution in [0.5, 0.6) is 17.2 Å². The Hall–Kier alpha value is -3.52. The number of amides is 1. The van der Waals surface area contributed by atoms with Gasteiger partial charge in [0.25, 0.3) is 5.91 Å². The summed E-state index contributed by atoms with van der Waals surface area (Å²) in [4.78, 5) is 12.2. The fourth-order valence-corrected chi connectivity index (χ4v) is 3.06. The summed E-state index contributed by atoms with van der Waals surface area (Å²) in [6, 6.07) is 22.9. The quantitative estimate of drug-likeness (QED) is 0.591. The zero-order valence-electron chi connectivity index (χ0n) is 16.6. The van der Waals surface area contributed by atoms with Crippen molar-refractivity contribution in [3.63, 3.8) is 0 Å². The molecule has 0 bridgehead atoms. The first-order chi connectivity index (χ1) is 14.3. The molecule has 1 amide bonds. The Balaban J connectivity index is 1.54. The summed E-state index contributed by atoms with van der Waals surface area (Å²) in [5.74, 6) is 1.43. The molecular weight excluding hydrogens is 404 g/mol. The first kappa shape index (κ1) is 21.2. The molecule has 0 radical (unpaired) electrons. The number of hydrogen-bond acceptors (Lipinski definition) is 5. The first-order valence-corrected chi connectivity index (χ1v) is 11.0. The maximum absolute atomic E-state index is 12.2. The van der Waals surface area contributed by atoms with Crippen LogP contribution in [0.25, 0.3) is 0 Å². The Morgan fingerprint density at radius 3 is 2.23 bits per heavy atom. The highest BCUT2D eigenvalue weighted by Gasteiger charge is 2.12. The number of carbonyl (C=O) groups excluding carboxylic acids is 1. The number of anilines is 2. The molecule has 156 valence electrons. The highest BCUT2D eigenvalue weighted by atomic mass is 32.2. The summed E-state index contributed by atoms with van der Waals surface area (Å²) in [6.45, 7) is -0.189. The summed E-state index contributed by atoms with van der Waals surface area (Å²) in [6.07, 6.45) is 1.13. The maximum Gasteiger partial charge on any atom is 0.262 e.